The first-order valence-electron chi connectivity index (χ1n) is 5.99. The molecule has 1 atom stereocenters. The van der Waals surface area contributed by atoms with Crippen molar-refractivity contribution in [3.8, 4) is 0 Å². The fraction of sp³-hybridized carbons (Fsp3) is 1.00. The molecule has 0 aromatic carbocycles. The number of hydrogen-bond donors (Lipinski definition) is 2. The first-order valence-corrected chi connectivity index (χ1v) is 5.99. The van der Waals surface area contributed by atoms with Crippen molar-refractivity contribution < 1.29 is 0 Å². The van der Waals surface area contributed by atoms with Gasteiger partial charge in [0.15, 0.2) is 0 Å². The van der Waals surface area contributed by atoms with Gasteiger partial charge in [0, 0.05) is 19.1 Å². The molecule has 2 saturated heterocycles. The van der Waals surface area contributed by atoms with Gasteiger partial charge in [-0.3, -0.25) is 0 Å². The fourth-order valence-electron chi connectivity index (χ4n) is 2.66. The quantitative estimate of drug-likeness (QED) is 0.680. The van der Waals surface area contributed by atoms with Crippen LogP contribution in [0.3, 0.4) is 0 Å². The molecular weight excluding hydrogens is 174 g/mol. The molecule has 0 amide bonds. The van der Waals surface area contributed by atoms with E-state index in [1.54, 1.807) is 0 Å². The molecule has 82 valence electrons. The summed E-state index contributed by atoms with van der Waals surface area (Å²) in [6, 6.07) is 0.747. The topological polar surface area (TPSA) is 27.3 Å². The van der Waals surface area contributed by atoms with Crippen LogP contribution >= 0.6 is 0 Å². The Kier molecular flexibility index (Phi) is 3.79. The molecule has 2 N–H and O–H groups in total. The Hall–Kier alpha value is -0.120. The molecule has 2 rings (SSSR count). The third kappa shape index (κ3) is 2.69. The molecule has 0 radical (unpaired) electrons. The van der Waals surface area contributed by atoms with E-state index in [9.17, 15) is 0 Å². The lowest BCUT2D eigenvalue weighted by Gasteiger charge is -2.27. The number of piperidine rings is 1. The van der Waals surface area contributed by atoms with Gasteiger partial charge in [0.05, 0.1) is 0 Å². The number of likely N-dealkylation sites (tertiary alicyclic amines) is 1. The van der Waals surface area contributed by atoms with E-state index in [0.717, 1.165) is 12.0 Å². The summed E-state index contributed by atoms with van der Waals surface area (Å²) in [5.41, 5.74) is 0. The van der Waals surface area contributed by atoms with Crippen LogP contribution in [-0.2, 0) is 0 Å². The lowest BCUT2D eigenvalue weighted by atomic mass is 9.98. The molecular formula is C11H23N3. The van der Waals surface area contributed by atoms with E-state index >= 15 is 0 Å². The summed E-state index contributed by atoms with van der Waals surface area (Å²) in [4.78, 5) is 2.64. The van der Waals surface area contributed by atoms with E-state index in [1.165, 1.54) is 52.0 Å². The van der Waals surface area contributed by atoms with Crippen LogP contribution in [0.25, 0.3) is 0 Å². The lowest BCUT2D eigenvalue weighted by Crippen LogP contribution is -2.36. The fourth-order valence-corrected chi connectivity index (χ4v) is 2.66. The first-order chi connectivity index (χ1) is 6.88. The molecule has 0 aliphatic carbocycles. The third-order valence-corrected chi connectivity index (χ3v) is 3.66. The Bertz CT molecular complexity index is 166. The second-order valence-corrected chi connectivity index (χ2v) is 4.73. The van der Waals surface area contributed by atoms with Crippen LogP contribution in [0, 0.1) is 5.92 Å². The first kappa shape index (κ1) is 10.4. The van der Waals surface area contributed by atoms with Gasteiger partial charge < -0.3 is 15.5 Å². The van der Waals surface area contributed by atoms with Crippen molar-refractivity contribution in [3.05, 3.63) is 0 Å². The molecule has 0 aromatic heterocycles. The summed E-state index contributed by atoms with van der Waals surface area (Å²) in [6.45, 7) is 6.36. The van der Waals surface area contributed by atoms with Crippen LogP contribution in [0.1, 0.15) is 19.3 Å². The van der Waals surface area contributed by atoms with Gasteiger partial charge in [-0.2, -0.15) is 0 Å². The standard InChI is InChI=1S/C11H23N3/c1-12-11-4-7-14(9-11)8-10-2-5-13-6-3-10/h10-13H,2-9H2,1H3. The molecule has 2 heterocycles. The molecule has 2 fully saturated rings. The summed E-state index contributed by atoms with van der Waals surface area (Å²) in [6.07, 6.45) is 4.09. The average Bonchev–Trinajstić information content (AvgIpc) is 2.67. The maximum Gasteiger partial charge on any atom is 0.0204 e. The van der Waals surface area contributed by atoms with Gasteiger partial charge in [-0.15, -0.1) is 0 Å². The maximum atomic E-state index is 3.43. The van der Waals surface area contributed by atoms with E-state index in [4.69, 9.17) is 0 Å². The van der Waals surface area contributed by atoms with Crippen molar-refractivity contribution in [3.63, 3.8) is 0 Å². The average molecular weight is 197 g/mol. The molecule has 2 aliphatic rings. The predicted molar refractivity (Wildman–Crippen MR) is 59.5 cm³/mol. The normalized spacial score (nSPS) is 31.1. The van der Waals surface area contributed by atoms with Gasteiger partial charge in [-0.25, -0.2) is 0 Å². The van der Waals surface area contributed by atoms with Crippen molar-refractivity contribution in [2.75, 3.05) is 39.8 Å². The van der Waals surface area contributed by atoms with Crippen molar-refractivity contribution in [1.29, 1.82) is 0 Å². The highest BCUT2D eigenvalue weighted by atomic mass is 15.2. The van der Waals surface area contributed by atoms with Crippen molar-refractivity contribution >= 4 is 0 Å². The van der Waals surface area contributed by atoms with Crippen molar-refractivity contribution in [2.24, 2.45) is 5.92 Å². The van der Waals surface area contributed by atoms with E-state index in [0.29, 0.717) is 0 Å². The Morgan fingerprint density at radius 1 is 1.29 bits per heavy atom. The summed E-state index contributed by atoms with van der Waals surface area (Å²) in [5, 5.41) is 6.81. The molecule has 0 spiro atoms. The molecule has 0 aromatic rings. The second kappa shape index (κ2) is 5.10. The van der Waals surface area contributed by atoms with Gasteiger partial charge in [-0.05, 0) is 51.9 Å². The minimum Gasteiger partial charge on any atom is -0.317 e. The molecule has 1 unspecified atom stereocenters. The van der Waals surface area contributed by atoms with Crippen LogP contribution < -0.4 is 10.6 Å². The molecule has 0 bridgehead atoms. The van der Waals surface area contributed by atoms with E-state index in [2.05, 4.69) is 22.6 Å². The molecule has 2 aliphatic heterocycles. The monoisotopic (exact) mass is 197 g/mol. The van der Waals surface area contributed by atoms with Crippen LogP contribution in [0.15, 0.2) is 0 Å². The highest BCUT2D eigenvalue weighted by Gasteiger charge is 2.23. The maximum absolute atomic E-state index is 3.43. The Balaban J connectivity index is 1.69. The number of likely N-dealkylation sites (N-methyl/N-ethyl adjacent to an activating group) is 1. The van der Waals surface area contributed by atoms with Crippen LogP contribution in [-0.4, -0.2) is 50.7 Å². The SMILES string of the molecule is CNC1CCN(CC2CCNCC2)C1. The van der Waals surface area contributed by atoms with Crippen LogP contribution in [0.2, 0.25) is 0 Å². The lowest BCUT2D eigenvalue weighted by molar-refractivity contribution is 0.237. The number of nitrogens with one attached hydrogen (secondary N) is 2. The zero-order chi connectivity index (χ0) is 9.80. The largest absolute Gasteiger partial charge is 0.317 e. The minimum atomic E-state index is 0.747. The van der Waals surface area contributed by atoms with E-state index < -0.39 is 0 Å². The summed E-state index contributed by atoms with van der Waals surface area (Å²) < 4.78 is 0. The van der Waals surface area contributed by atoms with Crippen LogP contribution in [0.4, 0.5) is 0 Å². The van der Waals surface area contributed by atoms with Crippen molar-refractivity contribution in [1.82, 2.24) is 15.5 Å². The Morgan fingerprint density at radius 3 is 2.71 bits per heavy atom. The highest BCUT2D eigenvalue weighted by molar-refractivity contribution is 4.82. The summed E-state index contributed by atoms with van der Waals surface area (Å²) >= 11 is 0. The molecule has 0 saturated carbocycles. The van der Waals surface area contributed by atoms with E-state index in [1.807, 2.05) is 0 Å². The second-order valence-electron chi connectivity index (χ2n) is 4.73. The highest BCUT2D eigenvalue weighted by Crippen LogP contribution is 2.17. The van der Waals surface area contributed by atoms with Crippen molar-refractivity contribution in [2.45, 2.75) is 25.3 Å². The van der Waals surface area contributed by atoms with Gasteiger partial charge in [-0.1, -0.05) is 0 Å². The number of hydrogen-bond acceptors (Lipinski definition) is 3. The zero-order valence-electron chi connectivity index (χ0n) is 9.26. The Labute approximate surface area is 87.2 Å². The molecule has 3 nitrogen and oxygen atoms in total. The van der Waals surface area contributed by atoms with E-state index in [-0.39, 0.29) is 0 Å². The minimum absolute atomic E-state index is 0.747. The van der Waals surface area contributed by atoms with Gasteiger partial charge in [0.1, 0.15) is 0 Å². The van der Waals surface area contributed by atoms with Gasteiger partial charge in [0.25, 0.3) is 0 Å². The summed E-state index contributed by atoms with van der Waals surface area (Å²) in [7, 11) is 2.08. The number of nitrogens with zero attached hydrogens (tertiary/aromatic N) is 1. The predicted octanol–water partition coefficient (Wildman–Crippen LogP) is 0.280. The molecule has 3 heteroatoms. The summed E-state index contributed by atoms with van der Waals surface area (Å²) in [5.74, 6) is 0.951. The van der Waals surface area contributed by atoms with Gasteiger partial charge in [0.2, 0.25) is 0 Å². The zero-order valence-corrected chi connectivity index (χ0v) is 9.26. The number of rotatable bonds is 3. The van der Waals surface area contributed by atoms with Gasteiger partial charge >= 0.3 is 0 Å². The Morgan fingerprint density at radius 2 is 2.07 bits per heavy atom. The molecule has 14 heavy (non-hydrogen) atoms. The van der Waals surface area contributed by atoms with Crippen LogP contribution in [0.5, 0.6) is 0 Å². The smallest absolute Gasteiger partial charge is 0.0204 e. The third-order valence-electron chi connectivity index (χ3n) is 3.66.